The Hall–Kier alpha value is -4.45. The Morgan fingerprint density at radius 2 is 1.79 bits per heavy atom. The number of benzene rings is 3. The smallest absolute Gasteiger partial charge is 0.339 e. The molecule has 198 valence electrons. The Morgan fingerprint density at radius 3 is 2.56 bits per heavy atom. The number of aromatic nitrogens is 1. The van der Waals surface area contributed by atoms with Crippen molar-refractivity contribution in [3.63, 3.8) is 0 Å². The van der Waals surface area contributed by atoms with Crippen LogP contribution in [0.2, 0.25) is 0 Å². The van der Waals surface area contributed by atoms with E-state index in [4.69, 9.17) is 14.5 Å². The zero-order valence-corrected chi connectivity index (χ0v) is 22.5. The number of ether oxygens (including phenoxy) is 2. The van der Waals surface area contributed by atoms with Crippen LogP contribution in [0, 0.1) is 6.92 Å². The minimum Gasteiger partial charge on any atom is -0.497 e. The molecule has 5 rings (SSSR count). The van der Waals surface area contributed by atoms with Gasteiger partial charge in [-0.15, -0.1) is 0 Å². The third-order valence-corrected chi connectivity index (χ3v) is 7.17. The molecular formula is C33H32N2O4. The highest BCUT2D eigenvalue weighted by Gasteiger charge is 2.26. The van der Waals surface area contributed by atoms with Gasteiger partial charge in [0.15, 0.2) is 6.61 Å². The lowest BCUT2D eigenvalue weighted by atomic mass is 9.86. The van der Waals surface area contributed by atoms with Gasteiger partial charge in [0, 0.05) is 11.1 Å². The summed E-state index contributed by atoms with van der Waals surface area (Å²) < 4.78 is 10.9. The molecule has 1 amide bonds. The molecule has 0 atom stereocenters. The van der Waals surface area contributed by atoms with E-state index >= 15 is 0 Å². The Balaban J connectivity index is 1.45. The molecular weight excluding hydrogens is 488 g/mol. The maximum atomic E-state index is 13.5. The van der Waals surface area contributed by atoms with Crippen molar-refractivity contribution in [2.45, 2.75) is 39.5 Å². The van der Waals surface area contributed by atoms with Gasteiger partial charge in [0.25, 0.3) is 5.91 Å². The van der Waals surface area contributed by atoms with Gasteiger partial charge in [-0.25, -0.2) is 9.78 Å². The first-order valence-corrected chi connectivity index (χ1v) is 13.3. The van der Waals surface area contributed by atoms with Crippen molar-refractivity contribution in [2.24, 2.45) is 0 Å². The third-order valence-electron chi connectivity index (χ3n) is 7.17. The number of amides is 1. The predicted molar refractivity (Wildman–Crippen MR) is 155 cm³/mol. The number of fused-ring (bicyclic) bond motifs is 2. The van der Waals surface area contributed by atoms with Crippen molar-refractivity contribution in [3.8, 4) is 5.75 Å². The quantitative estimate of drug-likeness (QED) is 0.272. The number of para-hydroxylation sites is 2. The summed E-state index contributed by atoms with van der Waals surface area (Å²) in [5.74, 6) is -0.0707. The van der Waals surface area contributed by atoms with Crippen LogP contribution >= 0.6 is 0 Å². The van der Waals surface area contributed by atoms with Crippen LogP contribution < -0.4 is 10.1 Å². The summed E-state index contributed by atoms with van der Waals surface area (Å²) >= 11 is 0. The van der Waals surface area contributed by atoms with Crippen LogP contribution in [0.5, 0.6) is 5.75 Å². The van der Waals surface area contributed by atoms with Gasteiger partial charge in [0.2, 0.25) is 0 Å². The molecule has 3 aromatic carbocycles. The van der Waals surface area contributed by atoms with Gasteiger partial charge < -0.3 is 14.8 Å². The third kappa shape index (κ3) is 5.55. The van der Waals surface area contributed by atoms with Crippen molar-refractivity contribution >= 4 is 40.1 Å². The van der Waals surface area contributed by atoms with Crippen molar-refractivity contribution in [3.05, 3.63) is 100 Å². The summed E-state index contributed by atoms with van der Waals surface area (Å²) in [5, 5.41) is 3.67. The van der Waals surface area contributed by atoms with Gasteiger partial charge in [0.05, 0.1) is 23.9 Å². The molecule has 0 saturated carbocycles. The minimum atomic E-state index is -0.508. The number of anilines is 1. The van der Waals surface area contributed by atoms with E-state index in [0.717, 1.165) is 75.1 Å². The molecule has 0 unspecified atom stereocenters. The predicted octanol–water partition coefficient (Wildman–Crippen LogP) is 6.79. The first-order chi connectivity index (χ1) is 19.0. The van der Waals surface area contributed by atoms with Crippen LogP contribution in [-0.4, -0.2) is 30.6 Å². The molecule has 1 N–H and O–H groups in total. The van der Waals surface area contributed by atoms with Gasteiger partial charge in [-0.1, -0.05) is 55.5 Å². The number of allylic oxidation sites excluding steroid dienone is 1. The summed E-state index contributed by atoms with van der Waals surface area (Å²) in [5.41, 5.74) is 7.82. The topological polar surface area (TPSA) is 77.5 Å². The minimum absolute atomic E-state index is 0.361. The van der Waals surface area contributed by atoms with E-state index in [-0.39, 0.29) is 12.5 Å². The second-order valence-corrected chi connectivity index (χ2v) is 9.71. The number of rotatable bonds is 7. The maximum Gasteiger partial charge on any atom is 0.339 e. The van der Waals surface area contributed by atoms with Crippen LogP contribution in [0.1, 0.15) is 58.1 Å². The van der Waals surface area contributed by atoms with Gasteiger partial charge >= 0.3 is 5.97 Å². The van der Waals surface area contributed by atoms with Crippen LogP contribution in [0.15, 0.2) is 66.7 Å². The monoisotopic (exact) mass is 520 g/mol. The number of aryl methyl sites for hydroxylation is 2. The lowest BCUT2D eigenvalue weighted by Gasteiger charge is -2.22. The van der Waals surface area contributed by atoms with E-state index in [1.54, 1.807) is 7.11 Å². The summed E-state index contributed by atoms with van der Waals surface area (Å²) in [7, 11) is 1.65. The largest absolute Gasteiger partial charge is 0.497 e. The van der Waals surface area contributed by atoms with Crippen LogP contribution in [0.4, 0.5) is 5.69 Å². The second kappa shape index (κ2) is 11.5. The molecule has 1 aromatic heterocycles. The maximum absolute atomic E-state index is 13.5. The first-order valence-electron chi connectivity index (χ1n) is 13.3. The lowest BCUT2D eigenvalue weighted by Crippen LogP contribution is -2.23. The molecule has 1 aliphatic rings. The molecule has 0 spiro atoms. The molecule has 4 aromatic rings. The number of nitrogens with zero attached hydrogens (tertiary/aromatic N) is 1. The normalized spacial score (nSPS) is 13.7. The lowest BCUT2D eigenvalue weighted by molar-refractivity contribution is -0.119. The van der Waals surface area contributed by atoms with Crippen molar-refractivity contribution in [1.82, 2.24) is 4.98 Å². The van der Waals surface area contributed by atoms with Crippen molar-refractivity contribution in [1.29, 1.82) is 0 Å². The summed E-state index contributed by atoms with van der Waals surface area (Å²) in [6.07, 6.45) is 5.38. The fourth-order valence-corrected chi connectivity index (χ4v) is 5.19. The molecule has 0 radical (unpaired) electrons. The average molecular weight is 521 g/mol. The fraction of sp³-hybridized carbons (Fsp3) is 0.242. The van der Waals surface area contributed by atoms with E-state index in [0.29, 0.717) is 12.0 Å². The van der Waals surface area contributed by atoms with E-state index in [2.05, 4.69) is 11.4 Å². The number of methoxy groups -OCH3 is 1. The average Bonchev–Trinajstić information content (AvgIpc) is 2.96. The first kappa shape index (κ1) is 26.2. The SMILES string of the molecule is CCc1cccc(C)c1NC(=O)COC(=O)c1c2c(nc3ccccc13)/C(=C/c1ccc(OC)cc1)CCC2. The summed E-state index contributed by atoms with van der Waals surface area (Å²) in [6, 6.07) is 21.4. The molecule has 1 aliphatic carbocycles. The zero-order chi connectivity index (χ0) is 27.4. The highest BCUT2D eigenvalue weighted by atomic mass is 16.5. The van der Waals surface area contributed by atoms with Crippen LogP contribution in [0.3, 0.4) is 0 Å². The van der Waals surface area contributed by atoms with E-state index in [9.17, 15) is 9.59 Å². The Labute approximate surface area is 228 Å². The number of hydrogen-bond acceptors (Lipinski definition) is 5. The molecule has 39 heavy (non-hydrogen) atoms. The van der Waals surface area contributed by atoms with Crippen molar-refractivity contribution in [2.75, 3.05) is 19.0 Å². The molecule has 6 heteroatoms. The summed E-state index contributed by atoms with van der Waals surface area (Å²) in [6.45, 7) is 3.63. The number of carbonyl (C=O) groups is 2. The van der Waals surface area contributed by atoms with Gasteiger partial charge in [-0.2, -0.15) is 0 Å². The zero-order valence-electron chi connectivity index (χ0n) is 22.5. The number of carbonyl (C=O) groups excluding carboxylic acids is 2. The van der Waals surface area contributed by atoms with Crippen LogP contribution in [0.25, 0.3) is 22.6 Å². The van der Waals surface area contributed by atoms with E-state index in [1.165, 1.54) is 0 Å². The number of hydrogen-bond donors (Lipinski definition) is 1. The molecule has 0 fully saturated rings. The summed E-state index contributed by atoms with van der Waals surface area (Å²) in [4.78, 5) is 31.3. The Morgan fingerprint density at radius 1 is 1.00 bits per heavy atom. The highest BCUT2D eigenvalue weighted by Crippen LogP contribution is 2.36. The standard InChI is InChI=1S/C33H32N2O4/c1-4-23-10-7-9-21(2)31(23)35-29(36)20-39-33(37)30-26-12-5-6-14-28(26)34-32-24(11-8-13-27(30)32)19-22-15-17-25(38-3)18-16-22/h5-7,9-10,12,14-19H,4,8,11,13,20H2,1-3H3,(H,35,36)/b24-19+. The van der Waals surface area contributed by atoms with Gasteiger partial charge in [0.1, 0.15) is 5.75 Å². The van der Waals surface area contributed by atoms with Gasteiger partial charge in [-0.05, 0) is 84.7 Å². The Kier molecular flexibility index (Phi) is 7.73. The van der Waals surface area contributed by atoms with E-state index < -0.39 is 5.97 Å². The van der Waals surface area contributed by atoms with Crippen LogP contribution in [-0.2, 0) is 22.4 Å². The van der Waals surface area contributed by atoms with E-state index in [1.807, 2.05) is 80.6 Å². The highest BCUT2D eigenvalue weighted by molar-refractivity contribution is 6.07. The number of pyridine rings is 1. The molecule has 1 heterocycles. The van der Waals surface area contributed by atoms with Gasteiger partial charge in [-0.3, -0.25) is 4.79 Å². The second-order valence-electron chi connectivity index (χ2n) is 9.71. The fourth-order valence-electron chi connectivity index (χ4n) is 5.19. The number of nitrogens with one attached hydrogen (secondary N) is 1. The molecule has 6 nitrogen and oxygen atoms in total. The molecule has 0 bridgehead atoms. The number of esters is 1. The Bertz CT molecular complexity index is 1570. The molecule has 0 aliphatic heterocycles. The molecule has 0 saturated heterocycles. The van der Waals surface area contributed by atoms with Crippen molar-refractivity contribution < 1.29 is 19.1 Å².